The molecule has 1 aromatic rings. The molecule has 0 saturated heterocycles. The molecule has 0 bridgehead atoms. The highest BCUT2D eigenvalue weighted by molar-refractivity contribution is 9.09. The number of Topliss-reactive ketones (excluding diaryl/α,β-unsaturated/α-hetero) is 1. The topological polar surface area (TPSA) is 17.1 Å². The van der Waals surface area contributed by atoms with Crippen molar-refractivity contribution in [3.8, 4) is 0 Å². The van der Waals surface area contributed by atoms with Crippen LogP contribution in [0.25, 0.3) is 0 Å². The molecule has 12 heavy (non-hydrogen) atoms. The maximum atomic E-state index is 13.0. The summed E-state index contributed by atoms with van der Waals surface area (Å²) in [6.45, 7) is 1.72. The molecule has 1 nitrogen and oxygen atoms in total. The van der Waals surface area contributed by atoms with E-state index < -0.39 is 5.82 Å². The van der Waals surface area contributed by atoms with Crippen LogP contribution in [0.4, 0.5) is 4.39 Å². The molecular weight excluding hydrogens is 223 g/mol. The van der Waals surface area contributed by atoms with E-state index in [-0.39, 0.29) is 16.7 Å². The lowest BCUT2D eigenvalue weighted by molar-refractivity contribution is 0.101. The third-order valence-corrected chi connectivity index (χ3v) is 2.13. The van der Waals surface area contributed by atoms with Crippen molar-refractivity contribution >= 4 is 21.7 Å². The number of alkyl halides is 1. The molecule has 0 atom stereocenters. The van der Waals surface area contributed by atoms with Gasteiger partial charge in [-0.25, -0.2) is 4.39 Å². The van der Waals surface area contributed by atoms with Crippen LogP contribution < -0.4 is 0 Å². The summed E-state index contributed by atoms with van der Waals surface area (Å²) in [6, 6.07) is 4.61. The number of hydrogen-bond donors (Lipinski definition) is 0. The molecule has 0 radical (unpaired) electrons. The van der Waals surface area contributed by atoms with Gasteiger partial charge in [0.15, 0.2) is 5.78 Å². The van der Waals surface area contributed by atoms with Crippen molar-refractivity contribution in [2.75, 3.05) is 5.33 Å². The second-order valence-electron chi connectivity index (χ2n) is 2.49. The fraction of sp³-hybridized carbons (Fsp3) is 0.222. The van der Waals surface area contributed by atoms with E-state index in [0.29, 0.717) is 5.56 Å². The van der Waals surface area contributed by atoms with Gasteiger partial charge in [0, 0.05) is 0 Å². The van der Waals surface area contributed by atoms with Gasteiger partial charge in [-0.15, -0.1) is 0 Å². The van der Waals surface area contributed by atoms with Gasteiger partial charge < -0.3 is 0 Å². The van der Waals surface area contributed by atoms with Crippen molar-refractivity contribution < 1.29 is 9.18 Å². The molecule has 0 spiro atoms. The Morgan fingerprint density at radius 1 is 1.58 bits per heavy atom. The molecular formula is C9H8BrFO. The molecule has 0 saturated carbocycles. The Bertz CT molecular complexity index is 289. The van der Waals surface area contributed by atoms with Gasteiger partial charge in [-0.2, -0.15) is 0 Å². The zero-order valence-corrected chi connectivity index (χ0v) is 8.19. The van der Waals surface area contributed by atoms with Crippen molar-refractivity contribution in [2.45, 2.75) is 6.92 Å². The molecule has 0 amide bonds. The van der Waals surface area contributed by atoms with E-state index in [1.807, 2.05) is 0 Å². The fourth-order valence-electron chi connectivity index (χ4n) is 1.05. The van der Waals surface area contributed by atoms with E-state index in [1.54, 1.807) is 19.1 Å². The smallest absolute Gasteiger partial charge is 0.176 e. The van der Waals surface area contributed by atoms with Crippen LogP contribution >= 0.6 is 15.9 Å². The van der Waals surface area contributed by atoms with E-state index in [0.717, 1.165) is 0 Å². The standard InChI is InChI=1S/C9H8BrFO/c1-6-3-2-4-7(11)9(6)8(12)5-10/h2-4H,5H2,1H3. The Kier molecular flexibility index (Phi) is 2.98. The molecule has 0 fully saturated rings. The Morgan fingerprint density at radius 3 is 2.75 bits per heavy atom. The minimum atomic E-state index is -0.445. The molecule has 0 unspecified atom stereocenters. The van der Waals surface area contributed by atoms with Crippen LogP contribution in [0.1, 0.15) is 15.9 Å². The van der Waals surface area contributed by atoms with Crippen LogP contribution in [0.2, 0.25) is 0 Å². The molecule has 0 aromatic heterocycles. The zero-order valence-electron chi connectivity index (χ0n) is 6.60. The first-order chi connectivity index (χ1) is 5.66. The van der Waals surface area contributed by atoms with Crippen LogP contribution in [0, 0.1) is 12.7 Å². The Labute approximate surface area is 78.7 Å². The number of ketones is 1. The first-order valence-electron chi connectivity index (χ1n) is 3.51. The summed E-state index contributed by atoms with van der Waals surface area (Å²) in [5.74, 6) is -0.662. The van der Waals surface area contributed by atoms with Crippen LogP contribution in [0.15, 0.2) is 18.2 Å². The number of hydrogen-bond acceptors (Lipinski definition) is 1. The summed E-state index contributed by atoms with van der Waals surface area (Å²) in [5.41, 5.74) is 0.869. The monoisotopic (exact) mass is 230 g/mol. The van der Waals surface area contributed by atoms with Gasteiger partial charge in [-0.1, -0.05) is 28.1 Å². The summed E-state index contributed by atoms with van der Waals surface area (Å²) in [4.78, 5) is 11.2. The fourth-order valence-corrected chi connectivity index (χ4v) is 1.33. The van der Waals surface area contributed by atoms with E-state index in [2.05, 4.69) is 15.9 Å². The van der Waals surface area contributed by atoms with Gasteiger partial charge >= 0.3 is 0 Å². The SMILES string of the molecule is Cc1cccc(F)c1C(=O)CBr. The largest absolute Gasteiger partial charge is 0.293 e. The summed E-state index contributed by atoms with van der Waals surface area (Å²) in [5, 5.41) is 0.161. The summed E-state index contributed by atoms with van der Waals surface area (Å²) in [7, 11) is 0. The minimum Gasteiger partial charge on any atom is -0.293 e. The molecule has 0 aliphatic rings. The van der Waals surface area contributed by atoms with Crippen molar-refractivity contribution in [1.29, 1.82) is 0 Å². The first kappa shape index (κ1) is 9.39. The third-order valence-electron chi connectivity index (χ3n) is 1.62. The normalized spacial score (nSPS) is 9.92. The van der Waals surface area contributed by atoms with E-state index in [9.17, 15) is 9.18 Å². The zero-order chi connectivity index (χ0) is 9.14. The van der Waals surface area contributed by atoms with E-state index in [4.69, 9.17) is 0 Å². The van der Waals surface area contributed by atoms with Gasteiger partial charge in [0.1, 0.15) is 5.82 Å². The predicted molar refractivity (Wildman–Crippen MR) is 49.3 cm³/mol. The van der Waals surface area contributed by atoms with Crippen molar-refractivity contribution in [1.82, 2.24) is 0 Å². The lowest BCUT2D eigenvalue weighted by Crippen LogP contribution is -2.05. The average Bonchev–Trinajstić information content (AvgIpc) is 2.03. The number of carbonyl (C=O) groups is 1. The molecule has 1 rings (SSSR count). The second kappa shape index (κ2) is 3.81. The quantitative estimate of drug-likeness (QED) is 0.564. The third kappa shape index (κ3) is 1.72. The number of rotatable bonds is 2. The molecule has 3 heteroatoms. The van der Waals surface area contributed by atoms with Gasteiger partial charge in [0.2, 0.25) is 0 Å². The van der Waals surface area contributed by atoms with Gasteiger partial charge in [-0.05, 0) is 18.6 Å². The maximum absolute atomic E-state index is 13.0. The highest BCUT2D eigenvalue weighted by atomic mass is 79.9. The van der Waals surface area contributed by atoms with Crippen LogP contribution in [-0.4, -0.2) is 11.1 Å². The van der Waals surface area contributed by atoms with Crippen LogP contribution in [0.3, 0.4) is 0 Å². The number of halogens is 2. The van der Waals surface area contributed by atoms with E-state index >= 15 is 0 Å². The molecule has 0 heterocycles. The lowest BCUT2D eigenvalue weighted by Gasteiger charge is -2.02. The highest BCUT2D eigenvalue weighted by Crippen LogP contribution is 2.13. The Hall–Kier alpha value is -0.700. The molecule has 0 N–H and O–H groups in total. The predicted octanol–water partition coefficient (Wildman–Crippen LogP) is 2.71. The van der Waals surface area contributed by atoms with Crippen molar-refractivity contribution in [2.24, 2.45) is 0 Å². The number of benzene rings is 1. The minimum absolute atomic E-state index is 0.161. The average molecular weight is 231 g/mol. The van der Waals surface area contributed by atoms with Gasteiger partial charge in [0.05, 0.1) is 10.9 Å². The van der Waals surface area contributed by atoms with Crippen molar-refractivity contribution in [3.05, 3.63) is 35.1 Å². The number of carbonyl (C=O) groups excluding carboxylic acids is 1. The highest BCUT2D eigenvalue weighted by Gasteiger charge is 2.11. The van der Waals surface area contributed by atoms with Crippen LogP contribution in [0.5, 0.6) is 0 Å². The second-order valence-corrected chi connectivity index (χ2v) is 3.05. The summed E-state index contributed by atoms with van der Waals surface area (Å²) >= 11 is 3.00. The molecule has 1 aromatic carbocycles. The Balaban J connectivity index is 3.21. The number of aryl methyl sites for hydroxylation is 1. The first-order valence-corrected chi connectivity index (χ1v) is 4.63. The molecule has 0 aliphatic heterocycles. The maximum Gasteiger partial charge on any atom is 0.176 e. The Morgan fingerprint density at radius 2 is 2.25 bits per heavy atom. The van der Waals surface area contributed by atoms with Gasteiger partial charge in [-0.3, -0.25) is 4.79 Å². The molecule has 0 aliphatic carbocycles. The van der Waals surface area contributed by atoms with Crippen molar-refractivity contribution in [3.63, 3.8) is 0 Å². The molecule has 64 valence electrons. The van der Waals surface area contributed by atoms with E-state index in [1.165, 1.54) is 6.07 Å². The summed E-state index contributed by atoms with van der Waals surface area (Å²) in [6.07, 6.45) is 0. The van der Waals surface area contributed by atoms with Gasteiger partial charge in [0.25, 0.3) is 0 Å². The lowest BCUT2D eigenvalue weighted by atomic mass is 10.1. The summed E-state index contributed by atoms with van der Waals surface area (Å²) < 4.78 is 13.0. The van der Waals surface area contributed by atoms with Crippen LogP contribution in [-0.2, 0) is 0 Å².